The monoisotopic (exact) mass is 311 g/mol. The molecule has 1 unspecified atom stereocenters. The molecule has 4 nitrogen and oxygen atoms in total. The van der Waals surface area contributed by atoms with Gasteiger partial charge in [0.25, 0.3) is 0 Å². The molecule has 7 heteroatoms. The molecule has 1 aliphatic heterocycles. The second kappa shape index (κ2) is 5.72. The summed E-state index contributed by atoms with van der Waals surface area (Å²) < 4.78 is 39.4. The summed E-state index contributed by atoms with van der Waals surface area (Å²) in [6.45, 7) is 0.863. The van der Waals surface area contributed by atoms with Crippen LogP contribution >= 0.6 is 0 Å². The summed E-state index contributed by atoms with van der Waals surface area (Å²) in [5, 5.41) is 13.6. The van der Waals surface area contributed by atoms with Crippen molar-refractivity contribution in [3.8, 4) is 0 Å². The highest BCUT2D eigenvalue weighted by Crippen LogP contribution is 2.29. The van der Waals surface area contributed by atoms with Gasteiger partial charge in [-0.05, 0) is 30.0 Å². The third kappa shape index (κ3) is 3.14. The number of benzene rings is 1. The van der Waals surface area contributed by atoms with Gasteiger partial charge in [0, 0.05) is 26.0 Å². The van der Waals surface area contributed by atoms with E-state index < -0.39 is 11.7 Å². The lowest BCUT2D eigenvalue weighted by Gasteiger charge is -2.19. The van der Waals surface area contributed by atoms with E-state index in [9.17, 15) is 18.3 Å². The highest BCUT2D eigenvalue weighted by Gasteiger charge is 2.30. The van der Waals surface area contributed by atoms with Crippen LogP contribution in [0.15, 0.2) is 24.3 Å². The fourth-order valence-electron chi connectivity index (χ4n) is 2.65. The standard InChI is InChI=1S/C15H16F3N3O/c16-15(17,18)12-3-1-10(2-4-12)7-13-19-14-8-11(9-22)5-6-21(14)20-13/h1-4,11,22H,5-9H2. The summed E-state index contributed by atoms with van der Waals surface area (Å²) in [6, 6.07) is 5.07. The summed E-state index contributed by atoms with van der Waals surface area (Å²) in [5.41, 5.74) is 0.0915. The molecule has 0 aliphatic carbocycles. The number of aryl methyl sites for hydroxylation is 1. The van der Waals surface area contributed by atoms with Gasteiger partial charge in [-0.25, -0.2) is 9.67 Å². The first kappa shape index (κ1) is 15.0. The van der Waals surface area contributed by atoms with Crippen LogP contribution in [-0.4, -0.2) is 26.5 Å². The molecule has 0 bridgehead atoms. The van der Waals surface area contributed by atoms with E-state index in [2.05, 4.69) is 10.1 Å². The average Bonchev–Trinajstić information content (AvgIpc) is 2.88. The highest BCUT2D eigenvalue weighted by atomic mass is 19.4. The van der Waals surface area contributed by atoms with Gasteiger partial charge in [0.2, 0.25) is 0 Å². The third-order valence-corrected chi connectivity index (χ3v) is 3.91. The molecule has 0 saturated carbocycles. The number of fused-ring (bicyclic) bond motifs is 1. The van der Waals surface area contributed by atoms with Crippen LogP contribution < -0.4 is 0 Å². The van der Waals surface area contributed by atoms with E-state index in [-0.39, 0.29) is 12.5 Å². The van der Waals surface area contributed by atoms with Crippen LogP contribution in [0.4, 0.5) is 13.2 Å². The second-order valence-electron chi connectivity index (χ2n) is 5.58. The molecule has 1 atom stereocenters. The van der Waals surface area contributed by atoms with Crippen molar-refractivity contribution in [3.63, 3.8) is 0 Å². The zero-order valence-electron chi connectivity index (χ0n) is 11.8. The lowest BCUT2D eigenvalue weighted by atomic mass is 9.99. The maximum atomic E-state index is 12.5. The quantitative estimate of drug-likeness (QED) is 0.947. The van der Waals surface area contributed by atoms with E-state index in [1.165, 1.54) is 12.1 Å². The molecule has 22 heavy (non-hydrogen) atoms. The first-order valence-electron chi connectivity index (χ1n) is 7.15. The van der Waals surface area contributed by atoms with E-state index >= 15 is 0 Å². The number of alkyl halides is 3. The van der Waals surface area contributed by atoms with Gasteiger partial charge in [0.15, 0.2) is 5.82 Å². The Morgan fingerprint density at radius 1 is 1.23 bits per heavy atom. The predicted molar refractivity (Wildman–Crippen MR) is 73.2 cm³/mol. The van der Waals surface area contributed by atoms with E-state index in [4.69, 9.17) is 0 Å². The van der Waals surface area contributed by atoms with Gasteiger partial charge in [-0.3, -0.25) is 0 Å². The second-order valence-corrected chi connectivity index (χ2v) is 5.58. The molecule has 0 fully saturated rings. The lowest BCUT2D eigenvalue weighted by molar-refractivity contribution is -0.137. The van der Waals surface area contributed by atoms with Crippen LogP contribution in [0.2, 0.25) is 0 Å². The fraction of sp³-hybridized carbons (Fsp3) is 0.467. The van der Waals surface area contributed by atoms with Gasteiger partial charge in [-0.2, -0.15) is 18.3 Å². The van der Waals surface area contributed by atoms with Crippen molar-refractivity contribution in [2.24, 2.45) is 5.92 Å². The van der Waals surface area contributed by atoms with Gasteiger partial charge in [-0.15, -0.1) is 0 Å². The number of nitrogens with zero attached hydrogens (tertiary/aromatic N) is 3. The largest absolute Gasteiger partial charge is 0.416 e. The molecule has 2 aromatic rings. The van der Waals surface area contributed by atoms with Gasteiger partial charge in [0.05, 0.1) is 5.56 Å². The Labute approximate surface area is 125 Å². The van der Waals surface area contributed by atoms with Crippen LogP contribution in [0.3, 0.4) is 0 Å². The number of aromatic nitrogens is 3. The molecule has 0 spiro atoms. The van der Waals surface area contributed by atoms with Crippen LogP contribution in [0.1, 0.15) is 29.2 Å². The zero-order chi connectivity index (χ0) is 15.7. The molecule has 1 aliphatic rings. The minimum Gasteiger partial charge on any atom is -0.396 e. The Hall–Kier alpha value is -1.89. The maximum Gasteiger partial charge on any atom is 0.416 e. The molecule has 3 rings (SSSR count). The van der Waals surface area contributed by atoms with E-state index in [0.29, 0.717) is 18.7 Å². The minimum absolute atomic E-state index is 0.140. The van der Waals surface area contributed by atoms with E-state index in [1.807, 2.05) is 4.68 Å². The van der Waals surface area contributed by atoms with Crippen molar-refractivity contribution in [3.05, 3.63) is 47.0 Å². The molecule has 1 aromatic carbocycles. The number of halogens is 3. The Kier molecular flexibility index (Phi) is 3.90. The molecule has 0 saturated heterocycles. The molecular formula is C15H16F3N3O. The van der Waals surface area contributed by atoms with Crippen molar-refractivity contribution in [1.29, 1.82) is 0 Å². The van der Waals surface area contributed by atoms with Gasteiger partial charge >= 0.3 is 6.18 Å². The van der Waals surface area contributed by atoms with E-state index in [1.54, 1.807) is 0 Å². The Morgan fingerprint density at radius 3 is 2.59 bits per heavy atom. The highest BCUT2D eigenvalue weighted by molar-refractivity contribution is 5.26. The topological polar surface area (TPSA) is 50.9 Å². The third-order valence-electron chi connectivity index (χ3n) is 3.91. The number of rotatable bonds is 3. The smallest absolute Gasteiger partial charge is 0.396 e. The lowest BCUT2D eigenvalue weighted by Crippen LogP contribution is -2.22. The van der Waals surface area contributed by atoms with Crippen molar-refractivity contribution >= 4 is 0 Å². The summed E-state index contributed by atoms with van der Waals surface area (Å²) in [5.74, 6) is 1.66. The summed E-state index contributed by atoms with van der Waals surface area (Å²) in [6.07, 6.45) is -2.35. The van der Waals surface area contributed by atoms with Gasteiger partial charge in [-0.1, -0.05) is 12.1 Å². The zero-order valence-corrected chi connectivity index (χ0v) is 11.8. The summed E-state index contributed by atoms with van der Waals surface area (Å²) in [7, 11) is 0. The number of aliphatic hydroxyl groups is 1. The van der Waals surface area contributed by atoms with Crippen molar-refractivity contribution in [1.82, 2.24) is 14.8 Å². The molecule has 1 N–H and O–H groups in total. The van der Waals surface area contributed by atoms with Gasteiger partial charge < -0.3 is 5.11 Å². The minimum atomic E-state index is -4.32. The number of hydrogen-bond donors (Lipinski definition) is 1. The normalized spacial score (nSPS) is 18.3. The molecule has 0 amide bonds. The predicted octanol–water partition coefficient (Wildman–Crippen LogP) is 2.44. The SMILES string of the molecule is OCC1CCn2nc(Cc3ccc(C(F)(F)F)cc3)nc2C1. The van der Waals surface area contributed by atoms with Crippen LogP contribution in [0.5, 0.6) is 0 Å². The first-order chi connectivity index (χ1) is 10.5. The van der Waals surface area contributed by atoms with Crippen LogP contribution in [0.25, 0.3) is 0 Å². The molecule has 0 radical (unpaired) electrons. The Bertz CT molecular complexity index is 649. The van der Waals surface area contributed by atoms with Crippen molar-refractivity contribution in [2.45, 2.75) is 32.0 Å². The average molecular weight is 311 g/mol. The summed E-state index contributed by atoms with van der Waals surface area (Å²) >= 11 is 0. The maximum absolute atomic E-state index is 12.5. The molecule has 2 heterocycles. The molecule has 118 valence electrons. The van der Waals surface area contributed by atoms with E-state index in [0.717, 1.165) is 36.5 Å². The van der Waals surface area contributed by atoms with Crippen molar-refractivity contribution < 1.29 is 18.3 Å². The van der Waals surface area contributed by atoms with Crippen LogP contribution in [0, 0.1) is 5.92 Å². The molecule has 1 aromatic heterocycles. The van der Waals surface area contributed by atoms with Crippen molar-refractivity contribution in [2.75, 3.05) is 6.61 Å². The van der Waals surface area contributed by atoms with Gasteiger partial charge in [0.1, 0.15) is 5.82 Å². The summed E-state index contributed by atoms with van der Waals surface area (Å²) in [4.78, 5) is 4.43. The number of hydrogen-bond acceptors (Lipinski definition) is 3. The first-order valence-corrected chi connectivity index (χ1v) is 7.15. The number of aliphatic hydroxyl groups excluding tert-OH is 1. The fourth-order valence-corrected chi connectivity index (χ4v) is 2.65. The Balaban J connectivity index is 1.73. The molecular weight excluding hydrogens is 295 g/mol. The Morgan fingerprint density at radius 2 is 1.95 bits per heavy atom. The van der Waals surface area contributed by atoms with Crippen LogP contribution in [-0.2, 0) is 25.6 Å².